The van der Waals surface area contributed by atoms with Gasteiger partial charge in [0.05, 0.1) is 11.9 Å². The summed E-state index contributed by atoms with van der Waals surface area (Å²) in [6, 6.07) is 9.67. The van der Waals surface area contributed by atoms with Gasteiger partial charge in [-0.2, -0.15) is 5.10 Å². The van der Waals surface area contributed by atoms with Crippen molar-refractivity contribution in [3.63, 3.8) is 0 Å². The molecule has 0 radical (unpaired) electrons. The minimum atomic E-state index is -0.318. The maximum Gasteiger partial charge on any atom is 0.208 e. The molecule has 0 bridgehead atoms. The zero-order valence-electron chi connectivity index (χ0n) is 8.59. The van der Waals surface area contributed by atoms with Crippen LogP contribution in [-0.2, 0) is 6.42 Å². The summed E-state index contributed by atoms with van der Waals surface area (Å²) in [6.45, 7) is -0.0701. The minimum Gasteiger partial charge on any atom is -0.278 e. The third-order valence-electron chi connectivity index (χ3n) is 2.34. The average Bonchev–Trinajstić information content (AvgIpc) is 2.75. The third-order valence-corrected chi connectivity index (χ3v) is 2.34. The van der Waals surface area contributed by atoms with Crippen LogP contribution in [0.5, 0.6) is 0 Å². The Labute approximate surface area is 92.3 Å². The van der Waals surface area contributed by atoms with Crippen LogP contribution in [0.15, 0.2) is 36.5 Å². The molecule has 2 aromatic rings. The van der Waals surface area contributed by atoms with Gasteiger partial charge in [0.25, 0.3) is 0 Å². The molecule has 0 saturated carbocycles. The second-order valence-corrected chi connectivity index (χ2v) is 3.44. The van der Waals surface area contributed by atoms with Crippen molar-refractivity contribution in [2.75, 3.05) is 6.54 Å². The van der Waals surface area contributed by atoms with Crippen LogP contribution in [0.2, 0.25) is 0 Å². The van der Waals surface area contributed by atoms with Gasteiger partial charge in [-0.25, -0.2) is 0 Å². The first-order valence-electron chi connectivity index (χ1n) is 4.97. The number of nitrogens with one attached hydrogen (secondary N) is 1. The topological polar surface area (TPSA) is 71.8 Å². The van der Waals surface area contributed by atoms with E-state index in [4.69, 9.17) is 0 Å². The van der Waals surface area contributed by atoms with Gasteiger partial charge in [-0.05, 0) is 5.56 Å². The number of H-pyrrole nitrogens is 1. The molecule has 1 aromatic carbocycles. The van der Waals surface area contributed by atoms with Gasteiger partial charge in [0, 0.05) is 16.9 Å². The Morgan fingerprint density at radius 1 is 1.31 bits per heavy atom. The fourth-order valence-corrected chi connectivity index (χ4v) is 1.57. The van der Waals surface area contributed by atoms with E-state index in [0.29, 0.717) is 6.42 Å². The van der Waals surface area contributed by atoms with Crippen LogP contribution in [0, 0.1) is 10.1 Å². The van der Waals surface area contributed by atoms with Gasteiger partial charge in [-0.3, -0.25) is 15.2 Å². The highest BCUT2D eigenvalue weighted by molar-refractivity contribution is 5.62. The molecule has 2 rings (SSSR count). The first-order chi connectivity index (χ1) is 7.77. The molecule has 0 spiro atoms. The second kappa shape index (κ2) is 4.57. The lowest BCUT2D eigenvalue weighted by atomic mass is 10.1. The average molecular weight is 217 g/mol. The molecule has 1 N–H and O–H groups in total. The predicted octanol–water partition coefficient (Wildman–Crippen LogP) is 1.90. The third kappa shape index (κ3) is 2.25. The number of rotatable bonds is 4. The number of nitrogens with zero attached hydrogens (tertiary/aromatic N) is 2. The fraction of sp³-hybridized carbons (Fsp3) is 0.182. The Kier molecular flexibility index (Phi) is 2.95. The van der Waals surface area contributed by atoms with Gasteiger partial charge in [0.15, 0.2) is 0 Å². The van der Waals surface area contributed by atoms with Crippen molar-refractivity contribution in [2.45, 2.75) is 6.42 Å². The number of benzene rings is 1. The standard InChI is InChI=1S/C11H11N3O2/c15-14(16)7-6-10-8-12-13-11(10)9-4-2-1-3-5-9/h1-5,8H,6-7H2,(H,12,13). The molecule has 0 amide bonds. The van der Waals surface area contributed by atoms with Crippen LogP contribution in [0.25, 0.3) is 11.3 Å². The number of hydrogen-bond donors (Lipinski definition) is 1. The zero-order chi connectivity index (χ0) is 11.4. The number of aromatic nitrogens is 2. The normalized spacial score (nSPS) is 10.2. The largest absolute Gasteiger partial charge is 0.278 e. The molecule has 82 valence electrons. The minimum absolute atomic E-state index is 0.0701. The summed E-state index contributed by atoms with van der Waals surface area (Å²) in [5, 5.41) is 17.1. The van der Waals surface area contributed by atoms with Crippen LogP contribution < -0.4 is 0 Å². The molecule has 0 unspecified atom stereocenters. The number of aromatic amines is 1. The Morgan fingerprint density at radius 2 is 2.06 bits per heavy atom. The summed E-state index contributed by atoms with van der Waals surface area (Å²) < 4.78 is 0. The lowest BCUT2D eigenvalue weighted by molar-refractivity contribution is -0.479. The van der Waals surface area contributed by atoms with E-state index in [1.54, 1.807) is 6.20 Å². The highest BCUT2D eigenvalue weighted by Gasteiger charge is 2.09. The predicted molar refractivity (Wildman–Crippen MR) is 59.6 cm³/mol. The molecular formula is C11H11N3O2. The molecule has 0 aliphatic rings. The van der Waals surface area contributed by atoms with Crippen LogP contribution >= 0.6 is 0 Å². The highest BCUT2D eigenvalue weighted by atomic mass is 16.6. The monoisotopic (exact) mass is 217 g/mol. The van der Waals surface area contributed by atoms with E-state index in [1.807, 2.05) is 30.3 Å². The molecule has 1 heterocycles. The van der Waals surface area contributed by atoms with E-state index in [9.17, 15) is 10.1 Å². The summed E-state index contributed by atoms with van der Waals surface area (Å²) in [6.07, 6.45) is 2.04. The van der Waals surface area contributed by atoms with Crippen molar-refractivity contribution in [1.82, 2.24) is 10.2 Å². The van der Waals surface area contributed by atoms with Gasteiger partial charge in [-0.15, -0.1) is 0 Å². The lowest BCUT2D eigenvalue weighted by Crippen LogP contribution is -2.04. The van der Waals surface area contributed by atoms with E-state index in [2.05, 4.69) is 10.2 Å². The Morgan fingerprint density at radius 3 is 2.75 bits per heavy atom. The highest BCUT2D eigenvalue weighted by Crippen LogP contribution is 2.20. The van der Waals surface area contributed by atoms with Gasteiger partial charge < -0.3 is 0 Å². The fourth-order valence-electron chi connectivity index (χ4n) is 1.57. The van der Waals surface area contributed by atoms with Crippen molar-refractivity contribution >= 4 is 0 Å². The molecule has 0 atom stereocenters. The Balaban J connectivity index is 2.23. The van der Waals surface area contributed by atoms with Crippen LogP contribution in [0.4, 0.5) is 0 Å². The summed E-state index contributed by atoms with van der Waals surface area (Å²) in [5.41, 5.74) is 2.74. The summed E-state index contributed by atoms with van der Waals surface area (Å²) >= 11 is 0. The molecule has 5 heteroatoms. The maximum atomic E-state index is 10.3. The molecular weight excluding hydrogens is 206 g/mol. The molecule has 0 aliphatic carbocycles. The van der Waals surface area contributed by atoms with E-state index < -0.39 is 0 Å². The molecule has 16 heavy (non-hydrogen) atoms. The first kappa shape index (κ1) is 10.4. The SMILES string of the molecule is O=[N+]([O-])CCc1cn[nH]c1-c1ccccc1. The van der Waals surface area contributed by atoms with Crippen LogP contribution in [-0.4, -0.2) is 21.7 Å². The van der Waals surface area contributed by atoms with Gasteiger partial charge in [0.1, 0.15) is 0 Å². The molecule has 1 aromatic heterocycles. The van der Waals surface area contributed by atoms with Gasteiger partial charge >= 0.3 is 0 Å². The van der Waals surface area contributed by atoms with Crippen molar-refractivity contribution in [3.8, 4) is 11.3 Å². The summed E-state index contributed by atoms with van der Waals surface area (Å²) in [7, 11) is 0. The Bertz CT molecular complexity index is 479. The maximum absolute atomic E-state index is 10.3. The molecule has 0 saturated heterocycles. The number of hydrogen-bond acceptors (Lipinski definition) is 3. The summed E-state index contributed by atoms with van der Waals surface area (Å²) in [4.78, 5) is 10.00. The van der Waals surface area contributed by atoms with Crippen molar-refractivity contribution < 1.29 is 4.92 Å². The van der Waals surface area contributed by atoms with Crippen molar-refractivity contribution in [3.05, 3.63) is 52.2 Å². The van der Waals surface area contributed by atoms with Crippen molar-refractivity contribution in [2.24, 2.45) is 0 Å². The Hall–Kier alpha value is -2.17. The summed E-state index contributed by atoms with van der Waals surface area (Å²) in [5.74, 6) is 0. The van der Waals surface area contributed by atoms with Crippen LogP contribution in [0.1, 0.15) is 5.56 Å². The van der Waals surface area contributed by atoms with E-state index in [1.165, 1.54) is 0 Å². The first-order valence-corrected chi connectivity index (χ1v) is 4.97. The molecule has 5 nitrogen and oxygen atoms in total. The quantitative estimate of drug-likeness (QED) is 0.628. The molecule has 0 aliphatic heterocycles. The van der Waals surface area contributed by atoms with E-state index in [0.717, 1.165) is 16.8 Å². The van der Waals surface area contributed by atoms with E-state index in [-0.39, 0.29) is 11.5 Å². The molecule has 0 fully saturated rings. The smallest absolute Gasteiger partial charge is 0.208 e. The van der Waals surface area contributed by atoms with Crippen molar-refractivity contribution in [1.29, 1.82) is 0 Å². The van der Waals surface area contributed by atoms with Gasteiger partial charge in [0.2, 0.25) is 6.54 Å². The zero-order valence-corrected chi connectivity index (χ0v) is 8.59. The second-order valence-electron chi connectivity index (χ2n) is 3.44. The van der Waals surface area contributed by atoms with Crippen LogP contribution in [0.3, 0.4) is 0 Å². The van der Waals surface area contributed by atoms with E-state index >= 15 is 0 Å². The lowest BCUT2D eigenvalue weighted by Gasteiger charge is -2.00. The number of nitro groups is 1. The van der Waals surface area contributed by atoms with Gasteiger partial charge in [-0.1, -0.05) is 30.3 Å².